The lowest BCUT2D eigenvalue weighted by Gasteiger charge is -2.35. The van der Waals surface area contributed by atoms with Gasteiger partial charge in [-0.1, -0.05) is 40.2 Å². The first-order chi connectivity index (χ1) is 14.0. The minimum atomic E-state index is -0.715. The number of aryl methyl sites for hydroxylation is 1. The van der Waals surface area contributed by atoms with Crippen molar-refractivity contribution < 1.29 is 9.59 Å². The summed E-state index contributed by atoms with van der Waals surface area (Å²) in [5.41, 5.74) is 3.82. The summed E-state index contributed by atoms with van der Waals surface area (Å²) in [6, 6.07) is 16.3. The fourth-order valence-electron chi connectivity index (χ4n) is 3.83. The van der Waals surface area contributed by atoms with E-state index in [2.05, 4.69) is 26.3 Å². The Morgan fingerprint density at radius 1 is 1.14 bits per heavy atom. The molecule has 7 heteroatoms. The van der Waals surface area contributed by atoms with Crippen LogP contribution in [-0.4, -0.2) is 39.6 Å². The van der Waals surface area contributed by atoms with Crippen LogP contribution in [0.1, 0.15) is 33.4 Å². The van der Waals surface area contributed by atoms with E-state index in [1.165, 1.54) is 0 Å². The van der Waals surface area contributed by atoms with Gasteiger partial charge in [0.25, 0.3) is 5.91 Å². The molecule has 148 valence electrons. The fraction of sp³-hybridized carbons (Fsp3) is 0.227. The summed E-state index contributed by atoms with van der Waals surface area (Å²) in [6.45, 7) is 4.69. The first kappa shape index (κ1) is 19.4. The lowest BCUT2D eigenvalue weighted by Crippen LogP contribution is -2.52. The zero-order valence-corrected chi connectivity index (χ0v) is 17.8. The predicted octanol–water partition coefficient (Wildman–Crippen LogP) is 3.56. The molecule has 0 radical (unpaired) electrons. The highest BCUT2D eigenvalue weighted by Crippen LogP contribution is 2.31. The van der Waals surface area contributed by atoms with Crippen LogP contribution in [0.5, 0.6) is 0 Å². The van der Waals surface area contributed by atoms with Gasteiger partial charge in [0, 0.05) is 34.4 Å². The average molecular weight is 453 g/mol. The van der Waals surface area contributed by atoms with Gasteiger partial charge in [0.1, 0.15) is 6.04 Å². The number of piperazine rings is 1. The monoisotopic (exact) mass is 452 g/mol. The van der Waals surface area contributed by atoms with Crippen molar-refractivity contribution in [3.63, 3.8) is 0 Å². The zero-order chi connectivity index (χ0) is 20.5. The molecule has 1 aliphatic rings. The van der Waals surface area contributed by atoms with Crippen LogP contribution in [0.3, 0.4) is 0 Å². The van der Waals surface area contributed by atoms with Crippen molar-refractivity contribution >= 4 is 27.7 Å². The number of benzene rings is 2. The Bertz CT molecular complexity index is 1080. The molecule has 0 unspecified atom stereocenters. The first-order valence-corrected chi connectivity index (χ1v) is 10.2. The van der Waals surface area contributed by atoms with Crippen LogP contribution in [0.2, 0.25) is 0 Å². The molecular formula is C22H21BrN4O2. The summed E-state index contributed by atoms with van der Waals surface area (Å²) < 4.78 is 2.65. The van der Waals surface area contributed by atoms with Crippen LogP contribution >= 0.6 is 15.9 Å². The highest BCUT2D eigenvalue weighted by molar-refractivity contribution is 9.10. The lowest BCUT2D eigenvalue weighted by molar-refractivity contribution is -0.128. The van der Waals surface area contributed by atoms with Crippen molar-refractivity contribution in [2.75, 3.05) is 13.1 Å². The third kappa shape index (κ3) is 3.58. The molecule has 2 heterocycles. The molecule has 1 saturated heterocycles. The largest absolute Gasteiger partial charge is 0.352 e. The molecule has 2 amide bonds. The van der Waals surface area contributed by atoms with E-state index in [0.29, 0.717) is 18.7 Å². The minimum absolute atomic E-state index is 0.169. The van der Waals surface area contributed by atoms with Gasteiger partial charge in [0.15, 0.2) is 0 Å². The van der Waals surface area contributed by atoms with Gasteiger partial charge in [-0.2, -0.15) is 5.10 Å². The molecule has 3 aromatic rings. The molecule has 1 atom stereocenters. The van der Waals surface area contributed by atoms with E-state index < -0.39 is 6.04 Å². The molecule has 1 N–H and O–H groups in total. The van der Waals surface area contributed by atoms with Crippen molar-refractivity contribution in [1.82, 2.24) is 20.0 Å². The molecule has 0 aliphatic carbocycles. The summed E-state index contributed by atoms with van der Waals surface area (Å²) in [7, 11) is 0. The second-order valence-corrected chi connectivity index (χ2v) is 7.95. The van der Waals surface area contributed by atoms with Gasteiger partial charge < -0.3 is 10.2 Å². The smallest absolute Gasteiger partial charge is 0.254 e. The van der Waals surface area contributed by atoms with Crippen molar-refractivity contribution in [3.05, 3.63) is 81.6 Å². The highest BCUT2D eigenvalue weighted by Gasteiger charge is 2.38. The third-order valence-electron chi connectivity index (χ3n) is 5.17. The molecule has 6 nitrogen and oxygen atoms in total. The minimum Gasteiger partial charge on any atom is -0.352 e. The van der Waals surface area contributed by atoms with Gasteiger partial charge in [-0.25, -0.2) is 4.68 Å². The first-order valence-electron chi connectivity index (χ1n) is 9.43. The van der Waals surface area contributed by atoms with Crippen molar-refractivity contribution in [1.29, 1.82) is 0 Å². The van der Waals surface area contributed by atoms with E-state index in [1.54, 1.807) is 17.0 Å². The van der Waals surface area contributed by atoms with Gasteiger partial charge in [0.05, 0.1) is 11.4 Å². The number of aromatic nitrogens is 2. The molecule has 0 spiro atoms. The van der Waals surface area contributed by atoms with Gasteiger partial charge in [0.2, 0.25) is 5.91 Å². The number of nitrogens with one attached hydrogen (secondary N) is 1. The number of hydrogen-bond donors (Lipinski definition) is 1. The van der Waals surface area contributed by atoms with Crippen molar-refractivity contribution in [2.24, 2.45) is 0 Å². The summed E-state index contributed by atoms with van der Waals surface area (Å²) in [4.78, 5) is 27.8. The van der Waals surface area contributed by atoms with Gasteiger partial charge in [-0.05, 0) is 44.2 Å². The molecule has 29 heavy (non-hydrogen) atoms. The molecular weight excluding hydrogens is 432 g/mol. The fourth-order valence-corrected chi connectivity index (χ4v) is 4.23. The van der Waals surface area contributed by atoms with Crippen LogP contribution in [0, 0.1) is 13.8 Å². The van der Waals surface area contributed by atoms with Crippen molar-refractivity contribution in [3.8, 4) is 5.69 Å². The zero-order valence-electron chi connectivity index (χ0n) is 16.2. The van der Waals surface area contributed by atoms with E-state index in [1.807, 2.05) is 61.0 Å². The quantitative estimate of drug-likeness (QED) is 0.660. The highest BCUT2D eigenvalue weighted by atomic mass is 79.9. The number of carbonyl (C=O) groups excluding carboxylic acids is 2. The topological polar surface area (TPSA) is 67.2 Å². The molecule has 0 saturated carbocycles. The number of hydrogen-bond acceptors (Lipinski definition) is 3. The Labute approximate surface area is 177 Å². The van der Waals surface area contributed by atoms with Crippen LogP contribution in [-0.2, 0) is 4.79 Å². The molecule has 0 bridgehead atoms. The summed E-state index contributed by atoms with van der Waals surface area (Å²) in [6.07, 6.45) is 0. The molecule has 2 aromatic carbocycles. The van der Waals surface area contributed by atoms with E-state index in [0.717, 1.165) is 27.1 Å². The Morgan fingerprint density at radius 2 is 1.90 bits per heavy atom. The Balaban J connectivity index is 1.78. The summed E-state index contributed by atoms with van der Waals surface area (Å²) >= 11 is 3.42. The summed E-state index contributed by atoms with van der Waals surface area (Å²) in [5.74, 6) is -0.351. The molecule has 1 aromatic heterocycles. The lowest BCUT2D eigenvalue weighted by atomic mass is 9.99. The number of para-hydroxylation sites is 1. The van der Waals surface area contributed by atoms with Crippen molar-refractivity contribution in [2.45, 2.75) is 19.9 Å². The Kier molecular flexibility index (Phi) is 5.24. The second kappa shape index (κ2) is 7.83. The second-order valence-electron chi connectivity index (χ2n) is 7.03. The number of nitrogens with zero attached hydrogens (tertiary/aromatic N) is 3. The van der Waals surface area contributed by atoms with E-state index in [9.17, 15) is 9.59 Å². The van der Waals surface area contributed by atoms with Gasteiger partial charge in [-0.3, -0.25) is 9.59 Å². The van der Waals surface area contributed by atoms with Crippen LogP contribution in [0.15, 0.2) is 59.1 Å². The third-order valence-corrected chi connectivity index (χ3v) is 5.66. The Hall–Kier alpha value is -2.93. The summed E-state index contributed by atoms with van der Waals surface area (Å²) in [5, 5.41) is 7.56. The predicted molar refractivity (Wildman–Crippen MR) is 114 cm³/mol. The maximum atomic E-state index is 13.3. The molecule has 1 aliphatic heterocycles. The standard InChI is InChI=1S/C22H21BrN4O2/c1-14-19(15(2)27(25-14)18-9-4-3-5-10-18)20-21(28)24-11-12-26(20)22(29)16-7-6-8-17(23)13-16/h3-10,13,20H,11-12H2,1-2H3,(H,24,28)/t20-/m0/s1. The maximum Gasteiger partial charge on any atom is 0.254 e. The van der Waals surface area contributed by atoms with Crippen LogP contribution in [0.4, 0.5) is 0 Å². The normalized spacial score (nSPS) is 16.6. The maximum absolute atomic E-state index is 13.3. The van der Waals surface area contributed by atoms with Crippen LogP contribution < -0.4 is 5.32 Å². The Morgan fingerprint density at radius 3 is 2.62 bits per heavy atom. The van der Waals surface area contributed by atoms with Crippen LogP contribution in [0.25, 0.3) is 5.69 Å². The number of rotatable bonds is 3. The van der Waals surface area contributed by atoms with Gasteiger partial charge >= 0.3 is 0 Å². The molecule has 4 rings (SSSR count). The number of halogens is 1. The van der Waals surface area contributed by atoms with E-state index in [4.69, 9.17) is 0 Å². The van der Waals surface area contributed by atoms with Gasteiger partial charge in [-0.15, -0.1) is 0 Å². The molecule has 1 fully saturated rings. The average Bonchev–Trinajstić information content (AvgIpc) is 3.02. The SMILES string of the molecule is Cc1nn(-c2ccccc2)c(C)c1[C@H]1C(=O)NCCN1C(=O)c1cccc(Br)c1. The van der Waals surface area contributed by atoms with E-state index in [-0.39, 0.29) is 11.8 Å². The number of carbonyl (C=O) groups is 2. The van der Waals surface area contributed by atoms with E-state index >= 15 is 0 Å². The number of amides is 2.